The van der Waals surface area contributed by atoms with Gasteiger partial charge in [0.2, 0.25) is 0 Å². The molecule has 1 aliphatic rings. The quantitative estimate of drug-likeness (QED) is 0.829. The summed E-state index contributed by atoms with van der Waals surface area (Å²) >= 11 is 3.51. The molecule has 0 amide bonds. The molecule has 0 saturated heterocycles. The molecule has 0 aromatic heterocycles. The zero-order valence-electron chi connectivity index (χ0n) is 11.1. The number of anilines is 1. The Morgan fingerprint density at radius 2 is 1.89 bits per heavy atom. The maximum Gasteiger partial charge on any atom is 0.0485 e. The predicted octanol–water partition coefficient (Wildman–Crippen LogP) is 5.11. The Hall–Kier alpha value is -1.28. The summed E-state index contributed by atoms with van der Waals surface area (Å²) in [4.78, 5) is 0. The minimum Gasteiger partial charge on any atom is -0.378 e. The van der Waals surface area contributed by atoms with Gasteiger partial charge in [-0.25, -0.2) is 0 Å². The largest absolute Gasteiger partial charge is 0.378 e. The van der Waals surface area contributed by atoms with Gasteiger partial charge in [-0.2, -0.15) is 0 Å². The van der Waals surface area contributed by atoms with Crippen molar-refractivity contribution in [2.45, 2.75) is 32.2 Å². The lowest BCUT2D eigenvalue weighted by Gasteiger charge is -2.17. The lowest BCUT2D eigenvalue weighted by molar-refractivity contribution is 0.879. The van der Waals surface area contributed by atoms with Crippen molar-refractivity contribution in [3.63, 3.8) is 0 Å². The van der Waals surface area contributed by atoms with Gasteiger partial charge < -0.3 is 5.32 Å². The van der Waals surface area contributed by atoms with Crippen molar-refractivity contribution >= 4 is 21.6 Å². The third-order valence-electron chi connectivity index (χ3n) is 3.83. The highest BCUT2D eigenvalue weighted by Gasteiger charge is 2.13. The van der Waals surface area contributed by atoms with Crippen LogP contribution in [0.3, 0.4) is 0 Å². The summed E-state index contributed by atoms with van der Waals surface area (Å²) < 4.78 is 1.11. The van der Waals surface area contributed by atoms with Crippen molar-refractivity contribution in [1.29, 1.82) is 0 Å². The van der Waals surface area contributed by atoms with Gasteiger partial charge in [-0.1, -0.05) is 40.2 Å². The zero-order chi connectivity index (χ0) is 13.2. The summed E-state index contributed by atoms with van der Waals surface area (Å²) in [6.45, 7) is 2.22. The standard InChI is InChI=1S/C17H18BrN/c1-12(19-17-7-3-6-16(18)11-17)14-9-8-13-4-2-5-15(13)10-14/h3,6-12,19H,2,4-5H2,1H3. The van der Waals surface area contributed by atoms with E-state index in [1.165, 1.54) is 24.8 Å². The molecule has 1 nitrogen and oxygen atoms in total. The van der Waals surface area contributed by atoms with E-state index in [0.717, 1.165) is 10.2 Å². The van der Waals surface area contributed by atoms with Crippen LogP contribution in [0.25, 0.3) is 0 Å². The number of nitrogens with one attached hydrogen (secondary N) is 1. The molecule has 2 aromatic carbocycles. The van der Waals surface area contributed by atoms with Gasteiger partial charge in [0.05, 0.1) is 0 Å². The molecule has 19 heavy (non-hydrogen) atoms. The van der Waals surface area contributed by atoms with Crippen LogP contribution in [0.2, 0.25) is 0 Å². The minimum absolute atomic E-state index is 0.334. The second kappa shape index (κ2) is 5.38. The molecule has 0 heterocycles. The number of benzene rings is 2. The summed E-state index contributed by atoms with van der Waals surface area (Å²) in [5, 5.41) is 3.56. The second-order valence-corrected chi connectivity index (χ2v) is 6.17. The molecule has 2 heteroatoms. The molecule has 0 bridgehead atoms. The van der Waals surface area contributed by atoms with Crippen LogP contribution in [0.4, 0.5) is 5.69 Å². The monoisotopic (exact) mass is 315 g/mol. The molecular formula is C17H18BrN. The first kappa shape index (κ1) is 12.7. The van der Waals surface area contributed by atoms with Crippen molar-refractivity contribution in [2.24, 2.45) is 0 Å². The zero-order valence-corrected chi connectivity index (χ0v) is 12.7. The normalized spacial score (nSPS) is 15.1. The molecular weight excluding hydrogens is 298 g/mol. The molecule has 3 rings (SSSR count). The fourth-order valence-corrected chi connectivity index (χ4v) is 3.17. The van der Waals surface area contributed by atoms with Gasteiger partial charge in [-0.3, -0.25) is 0 Å². The molecule has 1 aliphatic carbocycles. The Balaban J connectivity index is 1.78. The molecule has 0 radical (unpaired) electrons. The van der Waals surface area contributed by atoms with Crippen LogP contribution in [0.15, 0.2) is 46.9 Å². The maximum absolute atomic E-state index is 3.56. The molecule has 0 saturated carbocycles. The van der Waals surface area contributed by atoms with E-state index >= 15 is 0 Å². The molecule has 0 spiro atoms. The van der Waals surface area contributed by atoms with Crippen LogP contribution >= 0.6 is 15.9 Å². The molecule has 2 aromatic rings. The molecule has 0 fully saturated rings. The van der Waals surface area contributed by atoms with Crippen LogP contribution in [0.1, 0.15) is 36.1 Å². The van der Waals surface area contributed by atoms with Gasteiger partial charge in [-0.05, 0) is 61.1 Å². The number of hydrogen-bond donors (Lipinski definition) is 1. The molecule has 0 aliphatic heterocycles. The van der Waals surface area contributed by atoms with Gasteiger partial charge in [-0.15, -0.1) is 0 Å². The minimum atomic E-state index is 0.334. The number of hydrogen-bond acceptors (Lipinski definition) is 1. The summed E-state index contributed by atoms with van der Waals surface area (Å²) in [5.74, 6) is 0. The molecule has 1 atom stereocenters. The second-order valence-electron chi connectivity index (χ2n) is 5.26. The van der Waals surface area contributed by atoms with Crippen molar-refractivity contribution in [1.82, 2.24) is 0 Å². The Kier molecular flexibility index (Phi) is 3.61. The van der Waals surface area contributed by atoms with E-state index in [4.69, 9.17) is 0 Å². The van der Waals surface area contributed by atoms with Gasteiger partial charge in [0.15, 0.2) is 0 Å². The van der Waals surface area contributed by atoms with Crippen LogP contribution in [-0.4, -0.2) is 0 Å². The van der Waals surface area contributed by atoms with E-state index in [9.17, 15) is 0 Å². The van der Waals surface area contributed by atoms with E-state index in [1.54, 1.807) is 11.1 Å². The highest BCUT2D eigenvalue weighted by molar-refractivity contribution is 9.10. The van der Waals surface area contributed by atoms with Gasteiger partial charge >= 0.3 is 0 Å². The van der Waals surface area contributed by atoms with Crippen LogP contribution in [0, 0.1) is 0 Å². The first-order valence-corrected chi connectivity index (χ1v) is 7.65. The third kappa shape index (κ3) is 2.84. The van der Waals surface area contributed by atoms with Gasteiger partial charge in [0.1, 0.15) is 0 Å². The first-order chi connectivity index (χ1) is 9.22. The topological polar surface area (TPSA) is 12.0 Å². The lowest BCUT2D eigenvalue weighted by atomic mass is 10.0. The summed E-state index contributed by atoms with van der Waals surface area (Å²) in [6.07, 6.45) is 3.81. The molecule has 1 unspecified atom stereocenters. The fourth-order valence-electron chi connectivity index (χ4n) is 2.77. The molecule has 98 valence electrons. The van der Waals surface area contributed by atoms with Crippen molar-refractivity contribution in [2.75, 3.05) is 5.32 Å². The van der Waals surface area contributed by atoms with E-state index in [2.05, 4.69) is 64.6 Å². The van der Waals surface area contributed by atoms with Crippen LogP contribution < -0.4 is 5.32 Å². The average Bonchev–Trinajstić information content (AvgIpc) is 2.85. The van der Waals surface area contributed by atoms with Crippen molar-refractivity contribution < 1.29 is 0 Å². The smallest absolute Gasteiger partial charge is 0.0485 e. The Morgan fingerprint density at radius 3 is 2.74 bits per heavy atom. The summed E-state index contributed by atoms with van der Waals surface area (Å²) in [7, 11) is 0. The molecule has 1 N–H and O–H groups in total. The highest BCUT2D eigenvalue weighted by Crippen LogP contribution is 2.27. The highest BCUT2D eigenvalue weighted by atomic mass is 79.9. The summed E-state index contributed by atoms with van der Waals surface area (Å²) in [6, 6.07) is 15.6. The Labute approximate surface area is 123 Å². The van der Waals surface area contributed by atoms with E-state index in [0.29, 0.717) is 6.04 Å². The first-order valence-electron chi connectivity index (χ1n) is 6.86. The third-order valence-corrected chi connectivity index (χ3v) is 4.32. The van der Waals surface area contributed by atoms with E-state index < -0.39 is 0 Å². The van der Waals surface area contributed by atoms with Gasteiger partial charge in [0.25, 0.3) is 0 Å². The van der Waals surface area contributed by atoms with Gasteiger partial charge in [0, 0.05) is 16.2 Å². The maximum atomic E-state index is 3.56. The van der Waals surface area contributed by atoms with E-state index in [1.807, 2.05) is 6.07 Å². The van der Waals surface area contributed by atoms with Crippen molar-refractivity contribution in [3.05, 3.63) is 63.6 Å². The van der Waals surface area contributed by atoms with Crippen LogP contribution in [0.5, 0.6) is 0 Å². The fraction of sp³-hybridized carbons (Fsp3) is 0.294. The number of aryl methyl sites for hydroxylation is 2. The van der Waals surface area contributed by atoms with Crippen LogP contribution in [-0.2, 0) is 12.8 Å². The number of rotatable bonds is 3. The van der Waals surface area contributed by atoms with Crippen molar-refractivity contribution in [3.8, 4) is 0 Å². The Bertz CT molecular complexity index is 592. The summed E-state index contributed by atoms with van der Waals surface area (Å²) in [5.41, 5.74) is 5.61. The Morgan fingerprint density at radius 1 is 1.05 bits per heavy atom. The van der Waals surface area contributed by atoms with E-state index in [-0.39, 0.29) is 0 Å². The number of halogens is 1. The SMILES string of the molecule is CC(Nc1cccc(Br)c1)c1ccc2c(c1)CCC2. The lowest BCUT2D eigenvalue weighted by Crippen LogP contribution is -2.07. The predicted molar refractivity (Wildman–Crippen MR) is 84.6 cm³/mol. The number of fused-ring (bicyclic) bond motifs is 1. The average molecular weight is 316 g/mol.